The molecule has 0 spiro atoms. The third kappa shape index (κ3) is 3.05. The topological polar surface area (TPSA) is 38.0 Å². The highest BCUT2D eigenvalue weighted by molar-refractivity contribution is 4.75. The van der Waals surface area contributed by atoms with E-state index in [2.05, 4.69) is 18.8 Å². The van der Waals surface area contributed by atoms with E-state index in [1.165, 1.54) is 0 Å². The fourth-order valence-electron chi connectivity index (χ4n) is 1.26. The summed E-state index contributed by atoms with van der Waals surface area (Å²) < 4.78 is 1.90. The Morgan fingerprint density at radius 3 is 2.75 bits per heavy atom. The number of nitrogens with zero attached hydrogens (tertiary/aromatic N) is 2. The van der Waals surface area contributed by atoms with Crippen LogP contribution in [-0.4, -0.2) is 20.8 Å². The third-order valence-electron chi connectivity index (χ3n) is 1.72. The van der Waals surface area contributed by atoms with Gasteiger partial charge in [0.1, 0.15) is 0 Å². The van der Waals surface area contributed by atoms with Crippen LogP contribution >= 0.6 is 0 Å². The minimum absolute atomic E-state index is 0.251. The van der Waals surface area contributed by atoms with Crippen molar-refractivity contribution in [3.05, 3.63) is 18.7 Å². The summed E-state index contributed by atoms with van der Waals surface area (Å²) in [5.74, 6) is 0.545. The average molecular weight is 168 g/mol. The van der Waals surface area contributed by atoms with E-state index in [0.717, 1.165) is 6.42 Å². The Morgan fingerprint density at radius 2 is 2.25 bits per heavy atom. The van der Waals surface area contributed by atoms with E-state index < -0.39 is 0 Å². The number of rotatable bonds is 4. The Bertz CT molecular complexity index is 206. The first-order chi connectivity index (χ1) is 5.68. The second-order valence-corrected chi connectivity index (χ2v) is 3.54. The van der Waals surface area contributed by atoms with E-state index in [0.29, 0.717) is 12.5 Å². The molecule has 1 atom stereocenters. The van der Waals surface area contributed by atoms with Crippen LogP contribution in [0.15, 0.2) is 18.7 Å². The Balaban J connectivity index is 2.32. The molecule has 3 nitrogen and oxygen atoms in total. The van der Waals surface area contributed by atoms with Crippen molar-refractivity contribution >= 4 is 0 Å². The predicted molar refractivity (Wildman–Crippen MR) is 47.7 cm³/mol. The molecule has 0 aromatic carbocycles. The maximum atomic E-state index is 9.54. The van der Waals surface area contributed by atoms with Crippen molar-refractivity contribution in [2.45, 2.75) is 32.9 Å². The van der Waals surface area contributed by atoms with Gasteiger partial charge >= 0.3 is 0 Å². The zero-order valence-electron chi connectivity index (χ0n) is 7.64. The van der Waals surface area contributed by atoms with E-state index in [4.69, 9.17) is 0 Å². The van der Waals surface area contributed by atoms with E-state index in [-0.39, 0.29) is 6.10 Å². The van der Waals surface area contributed by atoms with Crippen molar-refractivity contribution in [2.24, 2.45) is 5.92 Å². The molecule has 12 heavy (non-hydrogen) atoms. The number of aliphatic hydroxyl groups excluding tert-OH is 1. The Kier molecular flexibility index (Phi) is 3.29. The molecule has 1 N–H and O–H groups in total. The van der Waals surface area contributed by atoms with Crippen molar-refractivity contribution in [1.29, 1.82) is 0 Å². The molecule has 0 saturated carbocycles. The lowest BCUT2D eigenvalue weighted by atomic mass is 10.1. The number of hydrogen-bond acceptors (Lipinski definition) is 2. The highest BCUT2D eigenvalue weighted by Crippen LogP contribution is 2.06. The van der Waals surface area contributed by atoms with E-state index in [9.17, 15) is 5.11 Å². The second-order valence-electron chi connectivity index (χ2n) is 3.54. The lowest BCUT2D eigenvalue weighted by Gasteiger charge is -2.12. The first-order valence-electron chi connectivity index (χ1n) is 4.32. The summed E-state index contributed by atoms with van der Waals surface area (Å²) in [6.45, 7) is 4.87. The summed E-state index contributed by atoms with van der Waals surface area (Å²) in [6, 6.07) is 0. The van der Waals surface area contributed by atoms with E-state index in [1.807, 2.05) is 10.8 Å². The summed E-state index contributed by atoms with van der Waals surface area (Å²) in [5, 5.41) is 9.54. The fourth-order valence-corrected chi connectivity index (χ4v) is 1.26. The van der Waals surface area contributed by atoms with Crippen molar-refractivity contribution < 1.29 is 5.11 Å². The normalized spacial score (nSPS) is 13.7. The highest BCUT2D eigenvalue weighted by Gasteiger charge is 2.06. The maximum Gasteiger partial charge on any atom is 0.0946 e. The van der Waals surface area contributed by atoms with Gasteiger partial charge in [-0.05, 0) is 12.3 Å². The molecular formula is C9H16N2O. The van der Waals surface area contributed by atoms with Crippen molar-refractivity contribution in [3.63, 3.8) is 0 Å². The summed E-state index contributed by atoms with van der Waals surface area (Å²) in [6.07, 6.45) is 5.91. The lowest BCUT2D eigenvalue weighted by molar-refractivity contribution is 0.130. The predicted octanol–water partition coefficient (Wildman–Crippen LogP) is 1.29. The van der Waals surface area contributed by atoms with Crippen molar-refractivity contribution in [3.8, 4) is 0 Å². The van der Waals surface area contributed by atoms with Crippen LogP contribution in [0.3, 0.4) is 0 Å². The van der Waals surface area contributed by atoms with E-state index in [1.54, 1.807) is 12.5 Å². The molecular weight excluding hydrogens is 152 g/mol. The van der Waals surface area contributed by atoms with Crippen molar-refractivity contribution in [2.75, 3.05) is 0 Å². The number of hydrogen-bond donors (Lipinski definition) is 1. The van der Waals surface area contributed by atoms with Gasteiger partial charge in [-0.1, -0.05) is 13.8 Å². The molecule has 0 aliphatic heterocycles. The van der Waals surface area contributed by atoms with Gasteiger partial charge in [0.2, 0.25) is 0 Å². The Hall–Kier alpha value is -0.830. The van der Waals surface area contributed by atoms with Crippen LogP contribution in [0.5, 0.6) is 0 Å². The highest BCUT2D eigenvalue weighted by atomic mass is 16.3. The lowest BCUT2D eigenvalue weighted by Crippen LogP contribution is -2.16. The van der Waals surface area contributed by atoms with Crippen LogP contribution < -0.4 is 0 Å². The van der Waals surface area contributed by atoms with Gasteiger partial charge in [-0.15, -0.1) is 0 Å². The zero-order valence-corrected chi connectivity index (χ0v) is 7.64. The summed E-state index contributed by atoms with van der Waals surface area (Å²) in [5.41, 5.74) is 0. The molecule has 68 valence electrons. The first kappa shape index (κ1) is 9.26. The van der Waals surface area contributed by atoms with Crippen LogP contribution in [0.25, 0.3) is 0 Å². The monoisotopic (exact) mass is 168 g/mol. The zero-order chi connectivity index (χ0) is 8.97. The van der Waals surface area contributed by atoms with Gasteiger partial charge < -0.3 is 9.67 Å². The van der Waals surface area contributed by atoms with Gasteiger partial charge in [-0.25, -0.2) is 4.98 Å². The fraction of sp³-hybridized carbons (Fsp3) is 0.667. The third-order valence-corrected chi connectivity index (χ3v) is 1.72. The molecule has 0 radical (unpaired) electrons. The smallest absolute Gasteiger partial charge is 0.0946 e. The number of imidazole rings is 1. The molecule has 0 amide bonds. The van der Waals surface area contributed by atoms with E-state index >= 15 is 0 Å². The quantitative estimate of drug-likeness (QED) is 0.735. The van der Waals surface area contributed by atoms with Crippen LogP contribution in [-0.2, 0) is 6.54 Å². The molecule has 0 aliphatic rings. The van der Waals surface area contributed by atoms with Crippen molar-refractivity contribution in [1.82, 2.24) is 9.55 Å². The van der Waals surface area contributed by atoms with Gasteiger partial charge in [0, 0.05) is 18.9 Å². The minimum Gasteiger partial charge on any atom is -0.391 e. The summed E-state index contributed by atoms with van der Waals surface area (Å²) in [4.78, 5) is 3.91. The molecule has 1 aromatic heterocycles. The van der Waals surface area contributed by atoms with Gasteiger partial charge in [-0.3, -0.25) is 0 Å². The Labute approximate surface area is 73.1 Å². The maximum absolute atomic E-state index is 9.54. The van der Waals surface area contributed by atoms with Crippen LogP contribution in [0, 0.1) is 5.92 Å². The van der Waals surface area contributed by atoms with Crippen LogP contribution in [0.4, 0.5) is 0 Å². The summed E-state index contributed by atoms with van der Waals surface area (Å²) in [7, 11) is 0. The molecule has 0 aliphatic carbocycles. The van der Waals surface area contributed by atoms with Gasteiger partial charge in [-0.2, -0.15) is 0 Å². The number of aromatic nitrogens is 2. The molecule has 0 bridgehead atoms. The number of aliphatic hydroxyl groups is 1. The second kappa shape index (κ2) is 4.26. The molecule has 1 heterocycles. The SMILES string of the molecule is CC(C)CC(O)Cn1ccnc1. The van der Waals surface area contributed by atoms with Gasteiger partial charge in [0.15, 0.2) is 0 Å². The molecule has 0 fully saturated rings. The summed E-state index contributed by atoms with van der Waals surface area (Å²) >= 11 is 0. The standard InChI is InChI=1S/C9H16N2O/c1-8(2)5-9(12)6-11-4-3-10-7-11/h3-4,7-9,12H,5-6H2,1-2H3. The largest absolute Gasteiger partial charge is 0.391 e. The molecule has 1 unspecified atom stereocenters. The van der Waals surface area contributed by atoms with Crippen LogP contribution in [0.1, 0.15) is 20.3 Å². The van der Waals surface area contributed by atoms with Gasteiger partial charge in [0.05, 0.1) is 12.4 Å². The minimum atomic E-state index is -0.251. The average Bonchev–Trinajstić information content (AvgIpc) is 2.37. The molecule has 0 saturated heterocycles. The Morgan fingerprint density at radius 1 is 1.50 bits per heavy atom. The first-order valence-corrected chi connectivity index (χ1v) is 4.32. The molecule has 3 heteroatoms. The van der Waals surface area contributed by atoms with Gasteiger partial charge in [0.25, 0.3) is 0 Å². The molecule has 1 rings (SSSR count). The van der Waals surface area contributed by atoms with Crippen LogP contribution in [0.2, 0.25) is 0 Å². The molecule has 1 aromatic rings.